The van der Waals surface area contributed by atoms with Gasteiger partial charge in [0, 0.05) is 24.8 Å². The number of nitrogens with two attached hydrogens (primary N) is 1. The molecule has 0 radical (unpaired) electrons. The zero-order valence-electron chi connectivity index (χ0n) is 10.5. The molecule has 2 heteroatoms. The molecule has 2 atom stereocenters. The van der Waals surface area contributed by atoms with Crippen LogP contribution in [0.2, 0.25) is 0 Å². The van der Waals surface area contributed by atoms with E-state index in [1.165, 1.54) is 24.1 Å². The number of rotatable bonds is 4. The first kappa shape index (κ1) is 11.5. The Morgan fingerprint density at radius 1 is 1.19 bits per heavy atom. The van der Waals surface area contributed by atoms with Crippen LogP contribution in [0.1, 0.15) is 38.3 Å². The van der Waals surface area contributed by atoms with Crippen molar-refractivity contribution in [1.29, 1.82) is 0 Å². The molecule has 1 saturated carbocycles. The molecule has 88 valence electrons. The maximum atomic E-state index is 5.84. The zero-order chi connectivity index (χ0) is 11.7. The molecule has 0 spiro atoms. The van der Waals surface area contributed by atoms with E-state index in [0.29, 0.717) is 6.04 Å². The lowest BCUT2D eigenvalue weighted by Gasteiger charge is -2.27. The molecular weight excluding hydrogens is 196 g/mol. The molecule has 1 aromatic rings. The highest BCUT2D eigenvalue weighted by molar-refractivity contribution is 5.48. The van der Waals surface area contributed by atoms with Crippen LogP contribution in [0.3, 0.4) is 0 Å². The second-order valence-corrected chi connectivity index (χ2v) is 5.07. The fourth-order valence-electron chi connectivity index (χ4n) is 2.14. The Morgan fingerprint density at radius 2 is 1.75 bits per heavy atom. The minimum absolute atomic E-state index is 0.125. The van der Waals surface area contributed by atoms with Gasteiger partial charge in [0.1, 0.15) is 0 Å². The van der Waals surface area contributed by atoms with Crippen LogP contribution in [0.5, 0.6) is 0 Å². The highest BCUT2D eigenvalue weighted by Gasteiger charge is 2.30. The molecule has 1 aliphatic rings. The molecule has 2 nitrogen and oxygen atoms in total. The molecule has 1 fully saturated rings. The van der Waals surface area contributed by atoms with Crippen molar-refractivity contribution in [2.45, 2.75) is 38.8 Å². The average molecular weight is 218 g/mol. The molecule has 0 aliphatic heterocycles. The molecule has 1 unspecified atom stereocenters. The first-order valence-electron chi connectivity index (χ1n) is 6.18. The summed E-state index contributed by atoms with van der Waals surface area (Å²) in [6.45, 7) is 4.34. The van der Waals surface area contributed by atoms with Crippen LogP contribution < -0.4 is 10.6 Å². The van der Waals surface area contributed by atoms with Gasteiger partial charge in [-0.3, -0.25) is 0 Å². The molecular formula is C14H22N2. The second kappa shape index (κ2) is 4.46. The highest BCUT2D eigenvalue weighted by Crippen LogP contribution is 2.36. The summed E-state index contributed by atoms with van der Waals surface area (Å²) in [7, 11) is 2.18. The first-order valence-corrected chi connectivity index (χ1v) is 6.18. The molecule has 0 aromatic heterocycles. The highest BCUT2D eigenvalue weighted by atomic mass is 15.1. The Balaban J connectivity index is 2.08. The maximum absolute atomic E-state index is 5.84. The van der Waals surface area contributed by atoms with Crippen LogP contribution in [0.4, 0.5) is 5.69 Å². The van der Waals surface area contributed by atoms with Gasteiger partial charge in [-0.1, -0.05) is 12.1 Å². The van der Waals surface area contributed by atoms with Crippen LogP contribution in [-0.4, -0.2) is 13.1 Å². The zero-order valence-corrected chi connectivity index (χ0v) is 10.5. The van der Waals surface area contributed by atoms with Crippen LogP contribution in [0.15, 0.2) is 24.3 Å². The van der Waals surface area contributed by atoms with Gasteiger partial charge in [-0.15, -0.1) is 0 Å². The minimum atomic E-state index is 0.125. The molecule has 0 heterocycles. The Kier molecular flexibility index (Phi) is 3.20. The summed E-state index contributed by atoms with van der Waals surface area (Å²) in [6, 6.07) is 9.41. The van der Waals surface area contributed by atoms with Gasteiger partial charge in [0.2, 0.25) is 0 Å². The predicted molar refractivity (Wildman–Crippen MR) is 69.6 cm³/mol. The van der Waals surface area contributed by atoms with Gasteiger partial charge >= 0.3 is 0 Å². The van der Waals surface area contributed by atoms with Gasteiger partial charge in [-0.2, -0.15) is 0 Å². The first-order chi connectivity index (χ1) is 7.59. The van der Waals surface area contributed by atoms with Gasteiger partial charge in [0.15, 0.2) is 0 Å². The van der Waals surface area contributed by atoms with Crippen molar-refractivity contribution in [1.82, 2.24) is 0 Å². The van der Waals surface area contributed by atoms with E-state index < -0.39 is 0 Å². The number of anilines is 1. The van der Waals surface area contributed by atoms with Crippen molar-refractivity contribution in [3.63, 3.8) is 0 Å². The Labute approximate surface area is 98.4 Å². The molecule has 16 heavy (non-hydrogen) atoms. The molecule has 1 aliphatic carbocycles. The molecule has 0 saturated heterocycles. The number of benzene rings is 1. The third-order valence-electron chi connectivity index (χ3n) is 3.74. The second-order valence-electron chi connectivity index (χ2n) is 5.07. The minimum Gasteiger partial charge on any atom is -0.372 e. The molecule has 1 aromatic carbocycles. The lowest BCUT2D eigenvalue weighted by atomic mass is 10.1. The van der Waals surface area contributed by atoms with Gasteiger partial charge in [0.25, 0.3) is 0 Å². The fourth-order valence-corrected chi connectivity index (χ4v) is 2.14. The topological polar surface area (TPSA) is 29.3 Å². The number of hydrogen-bond donors (Lipinski definition) is 1. The van der Waals surface area contributed by atoms with Crippen molar-refractivity contribution in [2.24, 2.45) is 11.7 Å². The van der Waals surface area contributed by atoms with Crippen molar-refractivity contribution in [3.05, 3.63) is 29.8 Å². The number of nitrogens with zero attached hydrogens (tertiary/aromatic N) is 1. The Hall–Kier alpha value is -1.02. The summed E-state index contributed by atoms with van der Waals surface area (Å²) in [4.78, 5) is 2.38. The lowest BCUT2D eigenvalue weighted by molar-refractivity contribution is 0.609. The van der Waals surface area contributed by atoms with E-state index in [2.05, 4.69) is 43.1 Å². The van der Waals surface area contributed by atoms with E-state index in [4.69, 9.17) is 5.73 Å². The van der Waals surface area contributed by atoms with Gasteiger partial charge < -0.3 is 10.6 Å². The van der Waals surface area contributed by atoms with Gasteiger partial charge in [-0.05, 0) is 50.3 Å². The largest absolute Gasteiger partial charge is 0.372 e. The smallest absolute Gasteiger partial charge is 0.0366 e. The van der Waals surface area contributed by atoms with E-state index in [1.54, 1.807) is 0 Å². The normalized spacial score (nSPS) is 19.2. The van der Waals surface area contributed by atoms with Crippen molar-refractivity contribution in [2.75, 3.05) is 11.9 Å². The summed E-state index contributed by atoms with van der Waals surface area (Å²) in [5.74, 6) is 0.901. The summed E-state index contributed by atoms with van der Waals surface area (Å²) in [5.41, 5.74) is 8.34. The molecule has 2 N–H and O–H groups in total. The maximum Gasteiger partial charge on any atom is 0.0366 e. The van der Waals surface area contributed by atoms with Gasteiger partial charge in [-0.25, -0.2) is 0 Å². The van der Waals surface area contributed by atoms with Crippen LogP contribution in [0, 0.1) is 5.92 Å². The van der Waals surface area contributed by atoms with Crippen molar-refractivity contribution >= 4 is 5.69 Å². The summed E-state index contributed by atoms with van der Waals surface area (Å²) in [5, 5.41) is 0. The number of hydrogen-bond acceptors (Lipinski definition) is 2. The van der Waals surface area contributed by atoms with E-state index >= 15 is 0 Å². The molecule has 0 amide bonds. The lowest BCUT2D eigenvalue weighted by Crippen LogP contribution is -2.30. The van der Waals surface area contributed by atoms with Crippen LogP contribution in [0.25, 0.3) is 0 Å². The quantitative estimate of drug-likeness (QED) is 0.842. The summed E-state index contributed by atoms with van der Waals surface area (Å²) < 4.78 is 0. The predicted octanol–water partition coefficient (Wildman–Crippen LogP) is 2.94. The van der Waals surface area contributed by atoms with Crippen LogP contribution >= 0.6 is 0 Å². The third kappa shape index (κ3) is 2.38. The summed E-state index contributed by atoms with van der Waals surface area (Å²) >= 11 is 0. The van der Waals surface area contributed by atoms with Crippen LogP contribution in [-0.2, 0) is 0 Å². The van der Waals surface area contributed by atoms with E-state index in [-0.39, 0.29) is 6.04 Å². The van der Waals surface area contributed by atoms with E-state index in [0.717, 1.165) is 5.92 Å². The monoisotopic (exact) mass is 218 g/mol. The summed E-state index contributed by atoms with van der Waals surface area (Å²) in [6.07, 6.45) is 2.78. The third-order valence-corrected chi connectivity index (χ3v) is 3.74. The van der Waals surface area contributed by atoms with Crippen molar-refractivity contribution < 1.29 is 0 Å². The molecule has 2 rings (SSSR count). The van der Waals surface area contributed by atoms with Gasteiger partial charge in [0.05, 0.1) is 0 Å². The molecule has 0 bridgehead atoms. The van der Waals surface area contributed by atoms with Crippen molar-refractivity contribution in [3.8, 4) is 0 Å². The fraction of sp³-hybridized carbons (Fsp3) is 0.571. The SMILES string of the molecule is CC(C1CC1)N(C)c1ccc([C@H](C)N)cc1. The Bertz CT molecular complexity index is 338. The average Bonchev–Trinajstić information content (AvgIpc) is 3.11. The Morgan fingerprint density at radius 3 is 2.19 bits per heavy atom. The van der Waals surface area contributed by atoms with E-state index in [9.17, 15) is 0 Å². The standard InChI is InChI=1S/C14H22N2/c1-10(15)12-6-8-14(9-7-12)16(3)11(2)13-4-5-13/h6-11,13H,4-5,15H2,1-3H3/t10-,11?/m0/s1. The van der Waals surface area contributed by atoms with E-state index in [1.807, 2.05) is 6.92 Å².